The largest absolute Gasteiger partial charge is 0.398 e. The summed E-state index contributed by atoms with van der Waals surface area (Å²) in [4.78, 5) is 21.8. The Morgan fingerprint density at radius 3 is 2.62 bits per heavy atom. The Morgan fingerprint density at radius 2 is 1.95 bits per heavy atom. The van der Waals surface area contributed by atoms with Gasteiger partial charge in [0.05, 0.1) is 0 Å². The molecular weight excluding hydrogens is 266 g/mol. The molecule has 1 heterocycles. The molecule has 0 bridgehead atoms. The van der Waals surface area contributed by atoms with E-state index in [1.54, 1.807) is 6.07 Å². The summed E-state index contributed by atoms with van der Waals surface area (Å²) in [6.07, 6.45) is 2.74. The number of carbonyl (C=O) groups is 1. The molecule has 2 rings (SSSR count). The molecule has 0 aliphatic heterocycles. The van der Waals surface area contributed by atoms with Crippen molar-refractivity contribution in [1.29, 1.82) is 0 Å². The zero-order valence-electron chi connectivity index (χ0n) is 11.9. The number of nitrogens with two attached hydrogens (primary N) is 1. The van der Waals surface area contributed by atoms with Gasteiger partial charge in [-0.15, -0.1) is 0 Å². The Balaban J connectivity index is 2.10. The fraction of sp³-hybridized carbons (Fsp3) is 0.133. The monoisotopic (exact) mass is 283 g/mol. The van der Waals surface area contributed by atoms with E-state index in [0.29, 0.717) is 17.3 Å². The van der Waals surface area contributed by atoms with Gasteiger partial charge in [0.15, 0.2) is 0 Å². The first-order chi connectivity index (χ1) is 10.1. The second-order valence-electron chi connectivity index (χ2n) is 4.61. The quantitative estimate of drug-likeness (QED) is 0.830. The van der Waals surface area contributed by atoms with Crippen LogP contribution in [0.15, 0.2) is 48.8 Å². The number of amides is 1. The highest BCUT2D eigenvalue weighted by Gasteiger charge is 2.05. The molecule has 1 aromatic carbocycles. The van der Waals surface area contributed by atoms with Crippen molar-refractivity contribution < 1.29 is 4.79 Å². The molecule has 0 saturated carbocycles. The zero-order chi connectivity index (χ0) is 15.2. The lowest BCUT2D eigenvalue weighted by Crippen LogP contribution is -2.14. The van der Waals surface area contributed by atoms with Crippen LogP contribution in [0.1, 0.15) is 5.56 Å². The molecule has 1 amide bonds. The molecule has 0 saturated heterocycles. The average molecular weight is 283 g/mol. The van der Waals surface area contributed by atoms with E-state index >= 15 is 0 Å². The van der Waals surface area contributed by atoms with Crippen molar-refractivity contribution in [2.45, 2.75) is 0 Å². The van der Waals surface area contributed by atoms with Gasteiger partial charge >= 0.3 is 0 Å². The fourth-order valence-corrected chi connectivity index (χ4v) is 1.68. The molecule has 0 aliphatic rings. The number of nitrogens with zero attached hydrogens (tertiary/aromatic N) is 3. The summed E-state index contributed by atoms with van der Waals surface area (Å²) < 4.78 is 0. The van der Waals surface area contributed by atoms with Crippen LogP contribution in [0, 0.1) is 0 Å². The van der Waals surface area contributed by atoms with Crippen molar-refractivity contribution in [3.63, 3.8) is 0 Å². The first-order valence-corrected chi connectivity index (χ1v) is 6.39. The zero-order valence-corrected chi connectivity index (χ0v) is 11.9. The number of hydrogen-bond donors (Lipinski definition) is 2. The second-order valence-corrected chi connectivity index (χ2v) is 4.61. The summed E-state index contributed by atoms with van der Waals surface area (Å²) in [6.45, 7) is 0. The Labute approximate surface area is 123 Å². The summed E-state index contributed by atoms with van der Waals surface area (Å²) in [5.74, 6) is 0.802. The molecule has 6 nitrogen and oxygen atoms in total. The molecule has 0 unspecified atom stereocenters. The van der Waals surface area contributed by atoms with Crippen molar-refractivity contribution in [2.75, 3.05) is 24.3 Å². The Bertz CT molecular complexity index is 652. The Hall–Kier alpha value is -2.89. The van der Waals surface area contributed by atoms with Crippen LogP contribution in [-0.2, 0) is 4.79 Å². The normalized spacial score (nSPS) is 11.0. The van der Waals surface area contributed by atoms with Crippen molar-refractivity contribution in [3.05, 3.63) is 54.4 Å². The highest BCUT2D eigenvalue weighted by molar-refractivity contribution is 6.03. The lowest BCUT2D eigenvalue weighted by Gasteiger charge is -2.11. The maximum atomic E-state index is 11.9. The van der Waals surface area contributed by atoms with Gasteiger partial charge in [0.2, 0.25) is 0 Å². The van der Waals surface area contributed by atoms with Gasteiger partial charge in [-0.1, -0.05) is 30.3 Å². The fourth-order valence-electron chi connectivity index (χ4n) is 1.68. The van der Waals surface area contributed by atoms with E-state index < -0.39 is 0 Å². The minimum absolute atomic E-state index is 0.334. The number of benzene rings is 1. The molecular formula is C15H17N5O. The first kappa shape index (κ1) is 14.5. The van der Waals surface area contributed by atoms with Crippen LogP contribution in [0.2, 0.25) is 0 Å². The summed E-state index contributed by atoms with van der Waals surface area (Å²) in [7, 11) is 3.72. The van der Waals surface area contributed by atoms with Gasteiger partial charge < -0.3 is 16.0 Å². The average Bonchev–Trinajstić information content (AvgIpc) is 2.48. The van der Waals surface area contributed by atoms with Crippen LogP contribution in [0.4, 0.5) is 11.6 Å². The van der Waals surface area contributed by atoms with E-state index in [1.807, 2.05) is 49.3 Å². The number of aromatic nitrogens is 2. The van der Waals surface area contributed by atoms with Gasteiger partial charge in [0.25, 0.3) is 5.91 Å². The van der Waals surface area contributed by atoms with Gasteiger partial charge in [-0.25, -0.2) is 9.97 Å². The summed E-state index contributed by atoms with van der Waals surface area (Å²) in [5.41, 5.74) is 7.08. The van der Waals surface area contributed by atoms with Crippen molar-refractivity contribution in [2.24, 2.45) is 5.73 Å². The van der Waals surface area contributed by atoms with Crippen LogP contribution in [0.25, 0.3) is 5.70 Å². The van der Waals surface area contributed by atoms with Gasteiger partial charge in [0, 0.05) is 31.9 Å². The van der Waals surface area contributed by atoms with Crippen LogP contribution < -0.4 is 16.0 Å². The summed E-state index contributed by atoms with van der Waals surface area (Å²) in [5, 5.41) is 2.66. The highest BCUT2D eigenvalue weighted by Crippen LogP contribution is 2.12. The topological polar surface area (TPSA) is 84.1 Å². The predicted octanol–water partition coefficient (Wildman–Crippen LogP) is 1.48. The van der Waals surface area contributed by atoms with E-state index in [2.05, 4.69) is 15.3 Å². The number of nitrogens with one attached hydrogen (secondary N) is 1. The van der Waals surface area contributed by atoms with Crippen molar-refractivity contribution in [1.82, 2.24) is 9.97 Å². The number of anilines is 2. The molecule has 0 spiro atoms. The molecule has 0 atom stereocenters. The van der Waals surface area contributed by atoms with E-state index in [1.165, 1.54) is 12.4 Å². The van der Waals surface area contributed by atoms with Crippen LogP contribution in [0.3, 0.4) is 0 Å². The lowest BCUT2D eigenvalue weighted by atomic mass is 10.1. The third-order valence-corrected chi connectivity index (χ3v) is 2.76. The molecule has 1 aromatic heterocycles. The van der Waals surface area contributed by atoms with Crippen LogP contribution in [-0.4, -0.2) is 30.0 Å². The standard InChI is InChI=1S/C15H17N5O/c1-20(2)14-9-13(17-10-18-14)19-15(21)8-12(16)11-6-4-3-5-7-11/h3-10H,16H2,1-2H3,(H,17,18,19,21). The first-order valence-electron chi connectivity index (χ1n) is 6.39. The van der Waals surface area contributed by atoms with Crippen molar-refractivity contribution >= 4 is 23.2 Å². The van der Waals surface area contributed by atoms with E-state index in [4.69, 9.17) is 5.73 Å². The van der Waals surface area contributed by atoms with Crippen LogP contribution in [0.5, 0.6) is 0 Å². The molecule has 2 aromatic rings. The van der Waals surface area contributed by atoms with Gasteiger partial charge in [-0.2, -0.15) is 0 Å². The molecule has 0 aliphatic carbocycles. The molecule has 3 N–H and O–H groups in total. The van der Waals surface area contributed by atoms with E-state index in [9.17, 15) is 4.79 Å². The summed E-state index contributed by atoms with van der Waals surface area (Å²) >= 11 is 0. The molecule has 6 heteroatoms. The number of hydrogen-bond acceptors (Lipinski definition) is 5. The molecule has 108 valence electrons. The lowest BCUT2D eigenvalue weighted by molar-refractivity contribution is -0.111. The number of rotatable bonds is 4. The van der Waals surface area contributed by atoms with Crippen LogP contribution >= 0.6 is 0 Å². The second kappa shape index (κ2) is 6.51. The smallest absolute Gasteiger partial charge is 0.251 e. The highest BCUT2D eigenvalue weighted by atomic mass is 16.1. The summed E-state index contributed by atoms with van der Waals surface area (Å²) in [6, 6.07) is 11.0. The Morgan fingerprint density at radius 1 is 1.24 bits per heavy atom. The number of carbonyl (C=O) groups excluding carboxylic acids is 1. The van der Waals surface area contributed by atoms with E-state index in [-0.39, 0.29) is 5.91 Å². The van der Waals surface area contributed by atoms with Gasteiger partial charge in [0.1, 0.15) is 18.0 Å². The minimum atomic E-state index is -0.334. The Kier molecular flexibility index (Phi) is 4.50. The minimum Gasteiger partial charge on any atom is -0.398 e. The third kappa shape index (κ3) is 4.04. The molecule has 0 fully saturated rings. The molecule has 21 heavy (non-hydrogen) atoms. The maximum Gasteiger partial charge on any atom is 0.251 e. The molecule has 0 radical (unpaired) electrons. The maximum absolute atomic E-state index is 11.9. The van der Waals surface area contributed by atoms with Crippen molar-refractivity contribution in [3.8, 4) is 0 Å². The predicted molar refractivity (Wildman–Crippen MR) is 83.6 cm³/mol. The third-order valence-electron chi connectivity index (χ3n) is 2.76. The van der Waals surface area contributed by atoms with Gasteiger partial charge in [-0.3, -0.25) is 4.79 Å². The van der Waals surface area contributed by atoms with E-state index in [0.717, 1.165) is 5.56 Å². The van der Waals surface area contributed by atoms with Gasteiger partial charge in [-0.05, 0) is 5.56 Å². The SMILES string of the molecule is CN(C)c1cc(NC(=O)C=C(N)c2ccccc2)ncn1.